The van der Waals surface area contributed by atoms with E-state index in [1.165, 1.54) is 11.1 Å². The van der Waals surface area contributed by atoms with Crippen LogP contribution in [0.5, 0.6) is 5.75 Å². The lowest BCUT2D eigenvalue weighted by molar-refractivity contribution is -0.133. The number of amides is 1. The van der Waals surface area contributed by atoms with Gasteiger partial charge in [0.1, 0.15) is 5.75 Å². The molecule has 0 bridgehead atoms. The van der Waals surface area contributed by atoms with E-state index >= 15 is 0 Å². The van der Waals surface area contributed by atoms with Crippen molar-refractivity contribution >= 4 is 21.8 Å². The predicted molar refractivity (Wildman–Crippen MR) is 102 cm³/mol. The minimum absolute atomic E-state index is 0.139. The molecule has 1 heterocycles. The maximum atomic E-state index is 13.1. The summed E-state index contributed by atoms with van der Waals surface area (Å²) in [5, 5.41) is 0. The Balaban J connectivity index is 1.50. The van der Waals surface area contributed by atoms with Gasteiger partial charge < -0.3 is 9.64 Å². The first-order valence-corrected chi connectivity index (χ1v) is 9.66. The Hall–Kier alpha value is -1.81. The summed E-state index contributed by atoms with van der Waals surface area (Å²) in [6, 6.07) is 16.7. The second-order valence-electron chi connectivity index (χ2n) is 6.97. The SMILES string of the molecule is COc1cccc(C2CCCN2C(=O)C2CC2c2cccc(Br)c2)c1. The maximum absolute atomic E-state index is 13.1. The molecule has 1 aliphatic carbocycles. The summed E-state index contributed by atoms with van der Waals surface area (Å²) >= 11 is 3.53. The van der Waals surface area contributed by atoms with Crippen molar-refractivity contribution < 1.29 is 9.53 Å². The van der Waals surface area contributed by atoms with E-state index in [0.29, 0.717) is 11.8 Å². The summed E-state index contributed by atoms with van der Waals surface area (Å²) in [4.78, 5) is 15.2. The number of carbonyl (C=O) groups excluding carboxylic acids is 1. The molecule has 4 heteroatoms. The number of ether oxygens (including phenoxy) is 1. The van der Waals surface area contributed by atoms with Crippen molar-refractivity contribution in [3.05, 3.63) is 64.1 Å². The summed E-state index contributed by atoms with van der Waals surface area (Å²) < 4.78 is 6.43. The number of halogens is 1. The van der Waals surface area contributed by atoms with Crippen LogP contribution in [0, 0.1) is 5.92 Å². The molecule has 0 N–H and O–H groups in total. The highest BCUT2D eigenvalue weighted by molar-refractivity contribution is 9.10. The molecular formula is C21H22BrNO2. The van der Waals surface area contributed by atoms with Gasteiger partial charge in [-0.05, 0) is 60.6 Å². The highest BCUT2D eigenvalue weighted by Crippen LogP contribution is 2.50. The van der Waals surface area contributed by atoms with Crippen LogP contribution < -0.4 is 4.74 Å². The number of benzene rings is 2. The highest BCUT2D eigenvalue weighted by atomic mass is 79.9. The molecule has 4 rings (SSSR count). The first-order valence-electron chi connectivity index (χ1n) is 8.87. The maximum Gasteiger partial charge on any atom is 0.226 e. The number of methoxy groups -OCH3 is 1. The van der Waals surface area contributed by atoms with Crippen LogP contribution in [-0.4, -0.2) is 24.5 Å². The van der Waals surface area contributed by atoms with E-state index in [0.717, 1.165) is 36.0 Å². The van der Waals surface area contributed by atoms with Gasteiger partial charge in [0, 0.05) is 16.9 Å². The van der Waals surface area contributed by atoms with Crippen LogP contribution in [0.3, 0.4) is 0 Å². The Morgan fingerprint density at radius 3 is 2.76 bits per heavy atom. The van der Waals surface area contributed by atoms with Crippen LogP contribution in [0.25, 0.3) is 0 Å². The van der Waals surface area contributed by atoms with Gasteiger partial charge in [0.05, 0.1) is 13.2 Å². The van der Waals surface area contributed by atoms with Crippen LogP contribution in [0.2, 0.25) is 0 Å². The third-order valence-electron chi connectivity index (χ3n) is 5.40. The first-order chi connectivity index (χ1) is 12.2. The lowest BCUT2D eigenvalue weighted by Gasteiger charge is -2.25. The van der Waals surface area contributed by atoms with Crippen LogP contribution >= 0.6 is 15.9 Å². The molecule has 0 spiro atoms. The fraction of sp³-hybridized carbons (Fsp3) is 0.381. The minimum atomic E-state index is 0.139. The highest BCUT2D eigenvalue weighted by Gasteiger charge is 2.47. The molecule has 1 aliphatic heterocycles. The van der Waals surface area contributed by atoms with Gasteiger partial charge in [-0.2, -0.15) is 0 Å². The zero-order valence-electron chi connectivity index (χ0n) is 14.3. The largest absolute Gasteiger partial charge is 0.497 e. The topological polar surface area (TPSA) is 29.5 Å². The number of hydrogen-bond acceptors (Lipinski definition) is 2. The van der Waals surface area contributed by atoms with Crippen molar-refractivity contribution in [1.82, 2.24) is 4.90 Å². The molecule has 0 aromatic heterocycles. The summed E-state index contributed by atoms with van der Waals surface area (Å²) in [7, 11) is 1.68. The predicted octanol–water partition coefficient (Wildman–Crippen LogP) is 4.92. The van der Waals surface area contributed by atoms with Crippen LogP contribution in [0.1, 0.15) is 42.3 Å². The van der Waals surface area contributed by atoms with E-state index < -0.39 is 0 Å². The van der Waals surface area contributed by atoms with E-state index in [4.69, 9.17) is 4.74 Å². The number of nitrogens with zero attached hydrogens (tertiary/aromatic N) is 1. The van der Waals surface area contributed by atoms with Gasteiger partial charge in [-0.25, -0.2) is 0 Å². The van der Waals surface area contributed by atoms with Crippen LogP contribution in [0.15, 0.2) is 53.0 Å². The van der Waals surface area contributed by atoms with Gasteiger partial charge in [-0.3, -0.25) is 4.79 Å². The molecular weight excluding hydrogens is 378 g/mol. The van der Waals surface area contributed by atoms with Crippen LogP contribution in [-0.2, 0) is 4.79 Å². The molecule has 2 aromatic rings. The number of rotatable bonds is 4. The average Bonchev–Trinajstić information content (AvgIpc) is 3.29. The molecule has 3 atom stereocenters. The standard InChI is InChI=1S/C21H22BrNO2/c1-25-17-8-3-6-15(12-17)20-9-4-10-23(20)21(24)19-13-18(19)14-5-2-7-16(22)11-14/h2-3,5-8,11-12,18-20H,4,9-10,13H2,1H3. The zero-order valence-corrected chi connectivity index (χ0v) is 15.9. The second kappa shape index (κ2) is 6.83. The van der Waals surface area contributed by atoms with E-state index in [9.17, 15) is 4.79 Å². The lowest BCUT2D eigenvalue weighted by Crippen LogP contribution is -2.32. The van der Waals surface area contributed by atoms with E-state index in [2.05, 4.69) is 45.1 Å². The molecule has 1 amide bonds. The number of carbonyl (C=O) groups is 1. The lowest BCUT2D eigenvalue weighted by atomic mass is 10.0. The normalized spacial score (nSPS) is 25.0. The monoisotopic (exact) mass is 399 g/mol. The summed E-state index contributed by atoms with van der Waals surface area (Å²) in [6.07, 6.45) is 3.08. The Labute approximate surface area is 157 Å². The Morgan fingerprint density at radius 1 is 1.16 bits per heavy atom. The van der Waals surface area contributed by atoms with Crippen molar-refractivity contribution in [3.63, 3.8) is 0 Å². The van der Waals surface area contributed by atoms with E-state index in [1.807, 2.05) is 24.3 Å². The smallest absolute Gasteiger partial charge is 0.226 e. The first kappa shape index (κ1) is 16.6. The van der Waals surface area contributed by atoms with E-state index in [1.54, 1.807) is 7.11 Å². The Bertz CT molecular complexity index is 791. The summed E-state index contributed by atoms with van der Waals surface area (Å²) in [5.74, 6) is 1.68. The molecule has 2 aromatic carbocycles. The molecule has 2 aliphatic rings. The molecule has 25 heavy (non-hydrogen) atoms. The molecule has 2 fully saturated rings. The molecule has 3 unspecified atom stereocenters. The molecule has 1 saturated carbocycles. The van der Waals surface area contributed by atoms with Gasteiger partial charge in [-0.15, -0.1) is 0 Å². The fourth-order valence-electron chi connectivity index (χ4n) is 4.01. The van der Waals surface area contributed by atoms with Gasteiger partial charge >= 0.3 is 0 Å². The Morgan fingerprint density at radius 2 is 1.96 bits per heavy atom. The zero-order chi connectivity index (χ0) is 17.4. The van der Waals surface area contributed by atoms with Crippen molar-refractivity contribution in [2.75, 3.05) is 13.7 Å². The van der Waals surface area contributed by atoms with Crippen molar-refractivity contribution in [2.45, 2.75) is 31.2 Å². The van der Waals surface area contributed by atoms with Gasteiger partial charge in [0.2, 0.25) is 5.91 Å². The van der Waals surface area contributed by atoms with Gasteiger partial charge in [0.15, 0.2) is 0 Å². The van der Waals surface area contributed by atoms with Gasteiger partial charge in [0.25, 0.3) is 0 Å². The van der Waals surface area contributed by atoms with Crippen molar-refractivity contribution in [2.24, 2.45) is 5.92 Å². The number of likely N-dealkylation sites (tertiary alicyclic amines) is 1. The second-order valence-corrected chi connectivity index (χ2v) is 7.89. The molecule has 0 radical (unpaired) electrons. The Kier molecular flexibility index (Phi) is 4.55. The third-order valence-corrected chi connectivity index (χ3v) is 5.89. The number of hydrogen-bond donors (Lipinski definition) is 0. The third kappa shape index (κ3) is 3.32. The quantitative estimate of drug-likeness (QED) is 0.729. The fourth-order valence-corrected chi connectivity index (χ4v) is 4.43. The summed E-state index contributed by atoms with van der Waals surface area (Å²) in [5.41, 5.74) is 2.45. The van der Waals surface area contributed by atoms with Gasteiger partial charge in [-0.1, -0.05) is 40.2 Å². The molecule has 1 saturated heterocycles. The minimum Gasteiger partial charge on any atom is -0.497 e. The summed E-state index contributed by atoms with van der Waals surface area (Å²) in [6.45, 7) is 0.864. The van der Waals surface area contributed by atoms with Crippen molar-refractivity contribution in [1.29, 1.82) is 0 Å². The van der Waals surface area contributed by atoms with Crippen LogP contribution in [0.4, 0.5) is 0 Å². The van der Waals surface area contributed by atoms with E-state index in [-0.39, 0.29) is 12.0 Å². The van der Waals surface area contributed by atoms with Crippen molar-refractivity contribution in [3.8, 4) is 5.75 Å². The molecule has 130 valence electrons. The average molecular weight is 400 g/mol. The molecule has 3 nitrogen and oxygen atoms in total.